The molecule has 0 spiro atoms. The van der Waals surface area contributed by atoms with Gasteiger partial charge < -0.3 is 0 Å². The van der Waals surface area contributed by atoms with Gasteiger partial charge in [-0.1, -0.05) is 84.5 Å². The monoisotopic (exact) mass is 348 g/mol. The largest absolute Gasteiger partial charge is 0.299 e. The van der Waals surface area contributed by atoms with Crippen LogP contribution in [-0.4, -0.2) is 5.78 Å². The molecule has 2 saturated carbocycles. The van der Waals surface area contributed by atoms with Crippen LogP contribution in [0.1, 0.15) is 123 Å². The van der Waals surface area contributed by atoms with Crippen molar-refractivity contribution in [2.45, 2.75) is 123 Å². The van der Waals surface area contributed by atoms with Crippen LogP contribution in [0.15, 0.2) is 0 Å². The molecule has 146 valence electrons. The summed E-state index contributed by atoms with van der Waals surface area (Å²) in [5, 5.41) is 0. The molecule has 2 aliphatic rings. The summed E-state index contributed by atoms with van der Waals surface area (Å²) in [6.07, 6.45) is 22.8. The average molecular weight is 349 g/mol. The van der Waals surface area contributed by atoms with Gasteiger partial charge in [-0.2, -0.15) is 0 Å². The Morgan fingerprint density at radius 2 is 1.28 bits per heavy atom. The first-order chi connectivity index (χ1) is 12.2. The Morgan fingerprint density at radius 1 is 0.680 bits per heavy atom. The molecule has 0 aromatic heterocycles. The Morgan fingerprint density at radius 3 is 1.96 bits per heavy atom. The highest BCUT2D eigenvalue weighted by atomic mass is 16.1. The molecule has 0 saturated heterocycles. The molecule has 25 heavy (non-hydrogen) atoms. The maximum Gasteiger partial charge on any atom is 0.136 e. The fourth-order valence-corrected chi connectivity index (χ4v) is 5.44. The summed E-state index contributed by atoms with van der Waals surface area (Å²) >= 11 is 0. The predicted octanol–water partition coefficient (Wildman–Crippen LogP) is 7.72. The zero-order valence-corrected chi connectivity index (χ0v) is 17.2. The Hall–Kier alpha value is -0.330. The molecular formula is C24H44O. The smallest absolute Gasteiger partial charge is 0.136 e. The molecule has 2 unspecified atom stereocenters. The molecule has 1 nitrogen and oxygen atoms in total. The topological polar surface area (TPSA) is 17.1 Å². The zero-order valence-electron chi connectivity index (χ0n) is 17.2. The lowest BCUT2D eigenvalue weighted by molar-refractivity contribution is -0.127. The molecule has 0 aromatic rings. The van der Waals surface area contributed by atoms with E-state index in [9.17, 15) is 4.79 Å². The lowest BCUT2D eigenvalue weighted by atomic mass is 9.68. The highest BCUT2D eigenvalue weighted by Gasteiger charge is 2.34. The molecule has 2 aliphatic carbocycles. The molecule has 0 N–H and O–H groups in total. The van der Waals surface area contributed by atoms with Crippen molar-refractivity contribution >= 4 is 5.78 Å². The van der Waals surface area contributed by atoms with Gasteiger partial charge in [0.1, 0.15) is 5.78 Å². The summed E-state index contributed by atoms with van der Waals surface area (Å²) in [4.78, 5) is 12.5. The normalized spacial score (nSPS) is 30.6. The van der Waals surface area contributed by atoms with Crippen LogP contribution in [0.3, 0.4) is 0 Å². The number of hydrogen-bond donors (Lipinski definition) is 0. The second-order valence-electron chi connectivity index (χ2n) is 9.18. The zero-order chi connectivity index (χ0) is 17.9. The van der Waals surface area contributed by atoms with E-state index in [1.165, 1.54) is 103 Å². The summed E-state index contributed by atoms with van der Waals surface area (Å²) in [7, 11) is 0. The Labute approximate surface area is 157 Å². The van der Waals surface area contributed by atoms with Crippen molar-refractivity contribution < 1.29 is 4.79 Å². The van der Waals surface area contributed by atoms with Gasteiger partial charge in [0.15, 0.2) is 0 Å². The Bertz CT molecular complexity index is 353. The van der Waals surface area contributed by atoms with E-state index in [0.29, 0.717) is 11.7 Å². The van der Waals surface area contributed by atoms with Crippen LogP contribution in [0.25, 0.3) is 0 Å². The van der Waals surface area contributed by atoms with E-state index in [1.807, 2.05) is 0 Å². The van der Waals surface area contributed by atoms with Gasteiger partial charge in [0.05, 0.1) is 0 Å². The minimum atomic E-state index is 0.419. The van der Waals surface area contributed by atoms with Crippen LogP contribution in [0.4, 0.5) is 0 Å². The van der Waals surface area contributed by atoms with Gasteiger partial charge in [-0.25, -0.2) is 0 Å². The Kier molecular flexibility index (Phi) is 10.2. The van der Waals surface area contributed by atoms with Crippen molar-refractivity contribution in [2.75, 3.05) is 0 Å². The fourth-order valence-electron chi connectivity index (χ4n) is 5.44. The van der Waals surface area contributed by atoms with Gasteiger partial charge in [0.2, 0.25) is 0 Å². The van der Waals surface area contributed by atoms with Crippen LogP contribution in [0.2, 0.25) is 0 Å². The summed E-state index contributed by atoms with van der Waals surface area (Å²) in [6.45, 7) is 4.55. The molecular weight excluding hydrogens is 304 g/mol. The molecule has 2 atom stereocenters. The van der Waals surface area contributed by atoms with Gasteiger partial charge in [0, 0.05) is 12.3 Å². The van der Waals surface area contributed by atoms with Gasteiger partial charge in [-0.3, -0.25) is 4.79 Å². The fraction of sp³-hybridized carbons (Fsp3) is 0.958. The number of Topliss-reactive ketones (excluding diaryl/α,β-unsaturated/α-hetero) is 1. The number of ketones is 1. The van der Waals surface area contributed by atoms with E-state index in [4.69, 9.17) is 0 Å². The molecule has 0 aliphatic heterocycles. The second-order valence-corrected chi connectivity index (χ2v) is 9.18. The molecule has 2 fully saturated rings. The summed E-state index contributed by atoms with van der Waals surface area (Å²) < 4.78 is 0. The van der Waals surface area contributed by atoms with Gasteiger partial charge in [0.25, 0.3) is 0 Å². The molecule has 0 heterocycles. The van der Waals surface area contributed by atoms with Crippen molar-refractivity contribution in [1.82, 2.24) is 0 Å². The van der Waals surface area contributed by atoms with Gasteiger partial charge >= 0.3 is 0 Å². The van der Waals surface area contributed by atoms with Crippen LogP contribution in [0, 0.1) is 23.7 Å². The number of rotatable bonds is 11. The van der Waals surface area contributed by atoms with Crippen molar-refractivity contribution in [3.63, 3.8) is 0 Å². The SMILES string of the molecule is CCCCCCCC1CCC(C2CCC(CCCCC)C(=O)C2)CC1. The molecule has 2 rings (SSSR count). The molecule has 0 radical (unpaired) electrons. The number of hydrogen-bond acceptors (Lipinski definition) is 1. The van der Waals surface area contributed by atoms with E-state index in [-0.39, 0.29) is 0 Å². The van der Waals surface area contributed by atoms with Crippen molar-refractivity contribution in [3.8, 4) is 0 Å². The van der Waals surface area contributed by atoms with Crippen LogP contribution in [0.5, 0.6) is 0 Å². The first-order valence-electron chi connectivity index (χ1n) is 11.8. The van der Waals surface area contributed by atoms with Gasteiger partial charge in [-0.15, -0.1) is 0 Å². The van der Waals surface area contributed by atoms with E-state index in [1.54, 1.807) is 0 Å². The third-order valence-corrected chi connectivity index (χ3v) is 7.23. The third kappa shape index (κ3) is 7.43. The van der Waals surface area contributed by atoms with Crippen LogP contribution < -0.4 is 0 Å². The third-order valence-electron chi connectivity index (χ3n) is 7.23. The lowest BCUT2D eigenvalue weighted by Crippen LogP contribution is -2.31. The summed E-state index contributed by atoms with van der Waals surface area (Å²) in [5.41, 5.74) is 0. The maximum absolute atomic E-state index is 12.5. The van der Waals surface area contributed by atoms with Crippen LogP contribution >= 0.6 is 0 Å². The average Bonchev–Trinajstić information content (AvgIpc) is 2.63. The van der Waals surface area contributed by atoms with Crippen molar-refractivity contribution in [2.24, 2.45) is 23.7 Å². The number of carbonyl (C=O) groups is 1. The predicted molar refractivity (Wildman–Crippen MR) is 109 cm³/mol. The number of carbonyl (C=O) groups excluding carboxylic acids is 1. The summed E-state index contributed by atoms with van der Waals surface area (Å²) in [5.74, 6) is 3.64. The lowest BCUT2D eigenvalue weighted by Gasteiger charge is -2.37. The summed E-state index contributed by atoms with van der Waals surface area (Å²) in [6, 6.07) is 0. The Balaban J connectivity index is 1.60. The van der Waals surface area contributed by atoms with Crippen molar-refractivity contribution in [3.05, 3.63) is 0 Å². The van der Waals surface area contributed by atoms with Crippen LogP contribution in [-0.2, 0) is 4.79 Å². The molecule has 0 amide bonds. The highest BCUT2D eigenvalue weighted by Crippen LogP contribution is 2.42. The standard InChI is InChI=1S/C24H44O/c1-3-5-7-8-10-11-20-13-15-21(16-14-20)23-18-17-22(24(25)19-23)12-9-6-4-2/h20-23H,3-19H2,1-2H3. The highest BCUT2D eigenvalue weighted by molar-refractivity contribution is 5.81. The minimum Gasteiger partial charge on any atom is -0.299 e. The second kappa shape index (κ2) is 12.1. The van der Waals surface area contributed by atoms with E-state index < -0.39 is 0 Å². The molecule has 1 heteroatoms. The maximum atomic E-state index is 12.5. The van der Waals surface area contributed by atoms with E-state index >= 15 is 0 Å². The first kappa shape index (κ1) is 21.0. The quantitative estimate of drug-likeness (QED) is 0.349. The molecule has 0 bridgehead atoms. The van der Waals surface area contributed by atoms with Gasteiger partial charge in [-0.05, 0) is 49.9 Å². The first-order valence-corrected chi connectivity index (χ1v) is 11.8. The minimum absolute atomic E-state index is 0.419. The molecule has 0 aromatic carbocycles. The van der Waals surface area contributed by atoms with Crippen molar-refractivity contribution in [1.29, 1.82) is 0 Å². The number of unbranched alkanes of at least 4 members (excludes halogenated alkanes) is 6. The van der Waals surface area contributed by atoms with E-state index in [0.717, 1.165) is 24.2 Å². The van der Waals surface area contributed by atoms with E-state index in [2.05, 4.69) is 13.8 Å².